The average Bonchev–Trinajstić information content (AvgIpc) is 2.10. The van der Waals surface area contributed by atoms with Gasteiger partial charge in [-0.15, -0.1) is 0 Å². The van der Waals surface area contributed by atoms with Crippen LogP contribution < -0.4 is 5.32 Å². The highest BCUT2D eigenvalue weighted by molar-refractivity contribution is 5.03. The maximum absolute atomic E-state index is 11.9. The van der Waals surface area contributed by atoms with Gasteiger partial charge < -0.3 is 0 Å². The van der Waals surface area contributed by atoms with Crippen molar-refractivity contribution < 1.29 is 13.2 Å². The Labute approximate surface area is 88.5 Å². The fourth-order valence-electron chi connectivity index (χ4n) is 1.06. The topological polar surface area (TPSA) is 35.8 Å². The van der Waals surface area contributed by atoms with Gasteiger partial charge in [-0.25, -0.2) is 0 Å². The number of nitrogens with zero attached hydrogens (tertiary/aromatic N) is 1. The van der Waals surface area contributed by atoms with Gasteiger partial charge in [0.05, 0.1) is 12.6 Å². The van der Waals surface area contributed by atoms with Crippen molar-refractivity contribution in [2.24, 2.45) is 5.92 Å². The number of halogens is 3. The van der Waals surface area contributed by atoms with Crippen molar-refractivity contribution >= 4 is 0 Å². The zero-order chi connectivity index (χ0) is 12.1. The first kappa shape index (κ1) is 14.2. The molecule has 0 bridgehead atoms. The van der Waals surface area contributed by atoms with Gasteiger partial charge >= 0.3 is 6.18 Å². The summed E-state index contributed by atoms with van der Waals surface area (Å²) in [7, 11) is 0. The average molecular weight is 222 g/mol. The number of alkyl halides is 3. The van der Waals surface area contributed by atoms with E-state index in [1.54, 1.807) is 0 Å². The van der Waals surface area contributed by atoms with Gasteiger partial charge in [-0.2, -0.15) is 18.4 Å². The summed E-state index contributed by atoms with van der Waals surface area (Å²) in [6, 6.07) is 1.90. The number of nitrogens with one attached hydrogen (secondary N) is 1. The van der Waals surface area contributed by atoms with Gasteiger partial charge in [-0.1, -0.05) is 13.8 Å². The predicted octanol–water partition coefficient (Wildman–Crippen LogP) is 2.86. The molecule has 0 aromatic heterocycles. The summed E-state index contributed by atoms with van der Waals surface area (Å²) in [6.07, 6.45) is -3.11. The lowest BCUT2D eigenvalue weighted by atomic mass is 9.93. The van der Waals surface area contributed by atoms with Gasteiger partial charge in [-0.3, -0.25) is 5.32 Å². The van der Waals surface area contributed by atoms with Crippen LogP contribution in [0.3, 0.4) is 0 Å². The Hall–Kier alpha value is -0.760. The molecule has 0 aliphatic carbocycles. The van der Waals surface area contributed by atoms with Crippen LogP contribution in [0.2, 0.25) is 0 Å². The van der Waals surface area contributed by atoms with Crippen LogP contribution in [0.25, 0.3) is 0 Å². The predicted molar refractivity (Wildman–Crippen MR) is 52.1 cm³/mol. The first-order chi connectivity index (χ1) is 6.68. The Morgan fingerprint density at radius 2 is 1.87 bits per heavy atom. The lowest BCUT2D eigenvalue weighted by Gasteiger charge is -2.24. The minimum atomic E-state index is -4.27. The van der Waals surface area contributed by atoms with Crippen molar-refractivity contribution in [1.29, 1.82) is 5.26 Å². The summed E-state index contributed by atoms with van der Waals surface area (Å²) in [4.78, 5) is 0. The van der Waals surface area contributed by atoms with Crippen molar-refractivity contribution in [1.82, 2.24) is 5.32 Å². The Kier molecular flexibility index (Phi) is 5.09. The third-order valence-corrected chi connectivity index (χ3v) is 2.15. The molecule has 0 saturated heterocycles. The van der Waals surface area contributed by atoms with E-state index >= 15 is 0 Å². The van der Waals surface area contributed by atoms with Crippen LogP contribution in [0.1, 0.15) is 33.6 Å². The van der Waals surface area contributed by atoms with Crippen molar-refractivity contribution in [3.63, 3.8) is 0 Å². The molecule has 0 spiro atoms. The molecule has 1 unspecified atom stereocenters. The summed E-state index contributed by atoms with van der Waals surface area (Å²) >= 11 is 0. The number of hydrogen-bond donors (Lipinski definition) is 1. The molecule has 15 heavy (non-hydrogen) atoms. The lowest BCUT2D eigenvalue weighted by molar-refractivity contribution is -0.127. The first-order valence-corrected chi connectivity index (χ1v) is 4.91. The first-order valence-electron chi connectivity index (χ1n) is 4.91. The van der Waals surface area contributed by atoms with Gasteiger partial charge in [0.25, 0.3) is 0 Å². The maximum atomic E-state index is 11.9. The molecule has 0 radical (unpaired) electrons. The van der Waals surface area contributed by atoms with Crippen molar-refractivity contribution in [3.8, 4) is 6.07 Å². The van der Waals surface area contributed by atoms with Gasteiger partial charge in [0.1, 0.15) is 5.54 Å². The van der Waals surface area contributed by atoms with Crippen LogP contribution in [-0.2, 0) is 0 Å². The molecule has 88 valence electrons. The number of nitriles is 1. The molecule has 0 amide bonds. The second kappa shape index (κ2) is 5.36. The van der Waals surface area contributed by atoms with Gasteiger partial charge in [-0.05, 0) is 25.7 Å². The fraction of sp³-hybridized carbons (Fsp3) is 0.900. The van der Waals surface area contributed by atoms with E-state index in [0.29, 0.717) is 12.3 Å². The Morgan fingerprint density at radius 3 is 2.20 bits per heavy atom. The summed E-state index contributed by atoms with van der Waals surface area (Å²) in [6.45, 7) is 4.33. The fourth-order valence-corrected chi connectivity index (χ4v) is 1.06. The van der Waals surface area contributed by atoms with Crippen LogP contribution in [0, 0.1) is 17.2 Å². The molecule has 0 aliphatic heterocycles. The summed E-state index contributed by atoms with van der Waals surface area (Å²) < 4.78 is 35.8. The lowest BCUT2D eigenvalue weighted by Crippen LogP contribution is -2.45. The molecule has 0 fully saturated rings. The van der Waals surface area contributed by atoms with Crippen LogP contribution >= 0.6 is 0 Å². The highest BCUT2D eigenvalue weighted by Gasteiger charge is 2.32. The van der Waals surface area contributed by atoms with Gasteiger partial charge in [0, 0.05) is 0 Å². The van der Waals surface area contributed by atoms with Crippen LogP contribution in [0.4, 0.5) is 13.2 Å². The minimum absolute atomic E-state index is 0.380. The summed E-state index contributed by atoms with van der Waals surface area (Å²) in [5.74, 6) is 0.380. The Balaban J connectivity index is 4.15. The van der Waals surface area contributed by atoms with Gasteiger partial charge in [0.15, 0.2) is 0 Å². The van der Waals surface area contributed by atoms with Crippen LogP contribution in [0.15, 0.2) is 0 Å². The molecule has 1 N–H and O–H groups in total. The van der Waals surface area contributed by atoms with Crippen molar-refractivity contribution in [2.45, 2.75) is 45.3 Å². The van der Waals surface area contributed by atoms with Crippen molar-refractivity contribution in [2.75, 3.05) is 6.54 Å². The van der Waals surface area contributed by atoms with Crippen LogP contribution in [0.5, 0.6) is 0 Å². The quantitative estimate of drug-likeness (QED) is 0.776. The second-order valence-corrected chi connectivity index (χ2v) is 4.35. The zero-order valence-electron chi connectivity index (χ0n) is 9.28. The SMILES string of the molecule is CC(C)CCC(C)(C#N)NCC(F)(F)F. The molecule has 0 aromatic rings. The molecule has 0 heterocycles. The van der Waals surface area contributed by atoms with Gasteiger partial charge in [0.2, 0.25) is 0 Å². The molecule has 5 heteroatoms. The van der Waals surface area contributed by atoms with Crippen LogP contribution in [-0.4, -0.2) is 18.3 Å². The summed E-state index contributed by atoms with van der Waals surface area (Å²) in [5.41, 5.74) is -1.08. The van der Waals surface area contributed by atoms with E-state index in [1.807, 2.05) is 19.9 Å². The Bertz CT molecular complexity index is 230. The third kappa shape index (κ3) is 7.20. The normalized spacial score (nSPS) is 16.1. The van der Waals surface area contributed by atoms with E-state index in [-0.39, 0.29) is 0 Å². The molecule has 2 nitrogen and oxygen atoms in total. The molecule has 0 rings (SSSR count). The third-order valence-electron chi connectivity index (χ3n) is 2.15. The maximum Gasteiger partial charge on any atom is 0.401 e. The number of hydrogen-bond acceptors (Lipinski definition) is 2. The molecule has 0 aliphatic rings. The number of rotatable bonds is 5. The molecule has 0 saturated carbocycles. The molecule has 1 atom stereocenters. The molecule has 0 aromatic carbocycles. The standard InChI is InChI=1S/C10H17F3N2/c1-8(2)4-5-9(3,6-14)15-7-10(11,12)13/h8,15H,4-5,7H2,1-3H3. The monoisotopic (exact) mass is 222 g/mol. The molecular formula is C10H17F3N2. The van der Waals surface area contributed by atoms with E-state index in [2.05, 4.69) is 5.32 Å². The minimum Gasteiger partial charge on any atom is -0.291 e. The Morgan fingerprint density at radius 1 is 1.33 bits per heavy atom. The van der Waals surface area contributed by atoms with Crippen molar-refractivity contribution in [3.05, 3.63) is 0 Å². The highest BCUT2D eigenvalue weighted by Crippen LogP contribution is 2.19. The van der Waals surface area contributed by atoms with E-state index < -0.39 is 18.3 Å². The summed E-state index contributed by atoms with van der Waals surface area (Å²) in [5, 5.41) is 11.1. The zero-order valence-corrected chi connectivity index (χ0v) is 9.28. The largest absolute Gasteiger partial charge is 0.401 e. The van der Waals surface area contributed by atoms with E-state index in [9.17, 15) is 13.2 Å². The van der Waals surface area contributed by atoms with E-state index in [1.165, 1.54) is 6.92 Å². The second-order valence-electron chi connectivity index (χ2n) is 4.35. The van der Waals surface area contributed by atoms with E-state index in [4.69, 9.17) is 5.26 Å². The molecular weight excluding hydrogens is 205 g/mol. The highest BCUT2D eigenvalue weighted by atomic mass is 19.4. The van der Waals surface area contributed by atoms with E-state index in [0.717, 1.165) is 6.42 Å². The smallest absolute Gasteiger partial charge is 0.291 e.